The number of nitrogens with zero attached hydrogens (tertiary/aromatic N) is 2. The number of aromatic nitrogens is 3. The van der Waals surface area contributed by atoms with Gasteiger partial charge in [-0.15, -0.1) is 0 Å². The van der Waals surface area contributed by atoms with Gasteiger partial charge < -0.3 is 19.8 Å². The molecule has 1 saturated heterocycles. The van der Waals surface area contributed by atoms with Crippen LogP contribution in [0.1, 0.15) is 34.2 Å². The third-order valence-electron chi connectivity index (χ3n) is 6.44. The third-order valence-corrected chi connectivity index (χ3v) is 6.44. The van der Waals surface area contributed by atoms with E-state index in [0.717, 1.165) is 17.7 Å². The van der Waals surface area contributed by atoms with E-state index in [4.69, 9.17) is 9.47 Å². The van der Waals surface area contributed by atoms with E-state index in [2.05, 4.69) is 20.3 Å². The topological polar surface area (TPSA) is 89.1 Å². The molecule has 3 aromatic rings. The van der Waals surface area contributed by atoms with E-state index in [1.807, 2.05) is 12.2 Å². The van der Waals surface area contributed by atoms with Gasteiger partial charge in [-0.05, 0) is 48.4 Å². The molecule has 1 aromatic carbocycles. The van der Waals surface area contributed by atoms with Gasteiger partial charge in [-0.3, -0.25) is 9.78 Å². The number of amides is 1. The van der Waals surface area contributed by atoms with Crippen molar-refractivity contribution < 1.29 is 27.4 Å². The molecule has 4 unspecified atom stereocenters. The van der Waals surface area contributed by atoms with E-state index in [1.54, 1.807) is 12.1 Å². The van der Waals surface area contributed by atoms with E-state index in [-0.39, 0.29) is 35.6 Å². The second-order valence-electron chi connectivity index (χ2n) is 8.54. The average Bonchev–Trinajstić information content (AvgIpc) is 3.17. The number of nitrogens with one attached hydrogen (secondary N) is 2. The number of benzene rings is 1. The Kier molecular flexibility index (Phi) is 4.57. The molecular weight excluding hydrogens is 449 g/mol. The summed E-state index contributed by atoms with van der Waals surface area (Å²) >= 11 is 0. The molecule has 3 aliphatic rings. The summed E-state index contributed by atoms with van der Waals surface area (Å²) in [7, 11) is 1.53. The molecule has 34 heavy (non-hydrogen) atoms. The Bertz CT molecular complexity index is 1380. The highest BCUT2D eigenvalue weighted by Gasteiger charge is 2.63. The van der Waals surface area contributed by atoms with Crippen LogP contribution in [0.2, 0.25) is 0 Å². The average molecular weight is 468 g/mol. The molecule has 2 fully saturated rings. The standard InChI is InChI=1S/C24H19F3N4O3/c1-28-23(32)17-10-13(6-7-29-17)33-12-3-5-18-14(9-12)19-20(21(19)34-18)22-30-15-4-2-11(24(25,26)27)8-16(15)31-22/h2-4,6-10,18-21H,5H2,1H3,(H,28,32)(H,30,31). The van der Waals surface area contributed by atoms with E-state index in [9.17, 15) is 18.0 Å². The first-order valence-corrected chi connectivity index (χ1v) is 10.8. The fourth-order valence-electron chi connectivity index (χ4n) is 4.78. The van der Waals surface area contributed by atoms with Gasteiger partial charge in [-0.2, -0.15) is 13.2 Å². The van der Waals surface area contributed by atoms with Crippen molar-refractivity contribution in [3.05, 3.63) is 77.1 Å². The van der Waals surface area contributed by atoms with Crippen molar-refractivity contribution in [2.24, 2.45) is 5.92 Å². The maximum atomic E-state index is 13.0. The number of aromatic amines is 1. The molecule has 4 atom stereocenters. The van der Waals surface area contributed by atoms with Crippen LogP contribution in [0.25, 0.3) is 11.0 Å². The van der Waals surface area contributed by atoms with E-state index >= 15 is 0 Å². The predicted octanol–water partition coefficient (Wildman–Crippen LogP) is 4.11. The minimum absolute atomic E-state index is 0.0376. The van der Waals surface area contributed by atoms with Crippen LogP contribution in [0.15, 0.2) is 60.0 Å². The highest BCUT2D eigenvalue weighted by Crippen LogP contribution is 2.61. The fraction of sp³-hybridized carbons (Fsp3) is 0.292. The zero-order chi connectivity index (χ0) is 23.6. The first kappa shape index (κ1) is 20.9. The number of imidazole rings is 1. The predicted molar refractivity (Wildman–Crippen MR) is 115 cm³/mol. The quantitative estimate of drug-likeness (QED) is 0.602. The van der Waals surface area contributed by atoms with Gasteiger partial charge in [0.05, 0.1) is 34.7 Å². The first-order chi connectivity index (χ1) is 16.3. The molecule has 1 aliphatic heterocycles. The largest absolute Gasteiger partial charge is 0.458 e. The minimum Gasteiger partial charge on any atom is -0.458 e. The second-order valence-corrected chi connectivity index (χ2v) is 8.54. The van der Waals surface area contributed by atoms with Crippen LogP contribution in [0.5, 0.6) is 5.75 Å². The second kappa shape index (κ2) is 7.42. The number of fused-ring (bicyclic) bond motifs is 4. The molecule has 7 nitrogen and oxygen atoms in total. The Balaban J connectivity index is 1.22. The minimum atomic E-state index is -4.41. The number of carbonyl (C=O) groups excluding carboxylic acids is 1. The third kappa shape index (κ3) is 3.45. The van der Waals surface area contributed by atoms with Crippen LogP contribution < -0.4 is 10.1 Å². The molecule has 174 valence electrons. The van der Waals surface area contributed by atoms with Crippen molar-refractivity contribution in [3.8, 4) is 5.75 Å². The number of hydrogen-bond donors (Lipinski definition) is 2. The summed E-state index contributed by atoms with van der Waals surface area (Å²) < 4.78 is 51.3. The maximum Gasteiger partial charge on any atom is 0.416 e. The highest BCUT2D eigenvalue weighted by atomic mass is 19.4. The molecule has 0 radical (unpaired) electrons. The van der Waals surface area contributed by atoms with E-state index in [1.165, 1.54) is 19.3 Å². The molecule has 1 amide bonds. The number of rotatable bonds is 4. The van der Waals surface area contributed by atoms with Gasteiger partial charge in [0.1, 0.15) is 23.0 Å². The van der Waals surface area contributed by atoms with Crippen molar-refractivity contribution in [2.75, 3.05) is 7.05 Å². The van der Waals surface area contributed by atoms with Crippen LogP contribution in [0, 0.1) is 5.92 Å². The lowest BCUT2D eigenvalue weighted by atomic mass is 9.96. The first-order valence-electron chi connectivity index (χ1n) is 10.8. The molecule has 2 aromatic heterocycles. The molecule has 2 aliphatic carbocycles. The van der Waals surface area contributed by atoms with Crippen LogP contribution in [-0.4, -0.2) is 40.1 Å². The number of halogens is 3. The van der Waals surface area contributed by atoms with Crippen LogP contribution in [0.3, 0.4) is 0 Å². The Labute approximate surface area is 191 Å². The summed E-state index contributed by atoms with van der Waals surface area (Å²) in [6.45, 7) is 0. The van der Waals surface area contributed by atoms with Gasteiger partial charge in [0, 0.05) is 25.2 Å². The molecule has 2 N–H and O–H groups in total. The summed E-state index contributed by atoms with van der Waals surface area (Å²) in [4.78, 5) is 23.4. The summed E-state index contributed by atoms with van der Waals surface area (Å²) in [6.07, 6.45) is 1.54. The van der Waals surface area contributed by atoms with E-state index in [0.29, 0.717) is 34.8 Å². The summed E-state index contributed by atoms with van der Waals surface area (Å²) in [6, 6.07) is 6.76. The lowest BCUT2D eigenvalue weighted by Gasteiger charge is -2.21. The van der Waals surface area contributed by atoms with Gasteiger partial charge in [-0.25, -0.2) is 4.98 Å². The molecular formula is C24H19F3N4O3. The highest BCUT2D eigenvalue weighted by molar-refractivity contribution is 5.92. The van der Waals surface area contributed by atoms with Gasteiger partial charge in [0.15, 0.2) is 0 Å². The SMILES string of the molecule is CNC(=O)c1cc(OC2=CCC3OC4C(C3=C2)C4c2nc3ccc(C(F)(F)F)cc3[nH]2)ccn1. The molecule has 0 spiro atoms. The molecule has 3 heterocycles. The maximum absolute atomic E-state index is 13.0. The lowest BCUT2D eigenvalue weighted by Crippen LogP contribution is -2.19. The van der Waals surface area contributed by atoms with Gasteiger partial charge in [-0.1, -0.05) is 0 Å². The smallest absolute Gasteiger partial charge is 0.416 e. The summed E-state index contributed by atoms with van der Waals surface area (Å²) in [5.74, 6) is 1.53. The van der Waals surface area contributed by atoms with Crippen molar-refractivity contribution in [1.82, 2.24) is 20.3 Å². The van der Waals surface area contributed by atoms with Crippen LogP contribution >= 0.6 is 0 Å². The monoisotopic (exact) mass is 468 g/mol. The van der Waals surface area contributed by atoms with Crippen molar-refractivity contribution in [1.29, 1.82) is 0 Å². The fourth-order valence-corrected chi connectivity index (χ4v) is 4.78. The Morgan fingerprint density at radius 3 is 2.88 bits per heavy atom. The Hall–Kier alpha value is -3.66. The molecule has 10 heteroatoms. The lowest BCUT2D eigenvalue weighted by molar-refractivity contribution is -0.137. The molecule has 0 bridgehead atoms. The normalized spacial score (nSPS) is 25.3. The van der Waals surface area contributed by atoms with Crippen molar-refractivity contribution >= 4 is 16.9 Å². The Morgan fingerprint density at radius 2 is 2.09 bits per heavy atom. The zero-order valence-electron chi connectivity index (χ0n) is 17.9. The van der Waals surface area contributed by atoms with Crippen molar-refractivity contribution in [3.63, 3.8) is 0 Å². The van der Waals surface area contributed by atoms with Crippen LogP contribution in [0.4, 0.5) is 13.2 Å². The number of allylic oxidation sites excluding steroid dienone is 1. The summed E-state index contributed by atoms with van der Waals surface area (Å²) in [5.41, 5.74) is 1.49. The number of ether oxygens (including phenoxy) is 2. The van der Waals surface area contributed by atoms with E-state index < -0.39 is 11.7 Å². The zero-order valence-corrected chi connectivity index (χ0v) is 17.9. The number of hydrogen-bond acceptors (Lipinski definition) is 5. The number of alkyl halides is 3. The number of carbonyl (C=O) groups is 1. The van der Waals surface area contributed by atoms with Crippen molar-refractivity contribution in [2.45, 2.75) is 30.7 Å². The summed E-state index contributed by atoms with van der Waals surface area (Å²) in [5, 5.41) is 2.53. The van der Waals surface area contributed by atoms with Gasteiger partial charge in [0.25, 0.3) is 5.91 Å². The number of pyridine rings is 1. The molecule has 1 saturated carbocycles. The van der Waals surface area contributed by atoms with Gasteiger partial charge >= 0.3 is 6.18 Å². The Morgan fingerprint density at radius 1 is 1.24 bits per heavy atom. The van der Waals surface area contributed by atoms with Gasteiger partial charge in [0.2, 0.25) is 0 Å². The number of H-pyrrole nitrogens is 1. The van der Waals surface area contributed by atoms with Crippen LogP contribution in [-0.2, 0) is 10.9 Å². The molecule has 6 rings (SSSR count).